The first-order chi connectivity index (χ1) is 47.9. The Hall–Kier alpha value is 2.21. The molecule has 0 amide bonds. The van der Waals surface area contributed by atoms with Crippen molar-refractivity contribution in [3.05, 3.63) is 46.5 Å². The SMILES string of the molecule is CC(C)(C)OC(=O)C1CC(O)(c2cnc(Cl)nc2)C1.O=C(O)C1CC(O)(c2cnc(Cl)nc2)C1.[B]B([B])B([B])B(B([B])[B])B(B(B(B([B])[B])B([B])[B])B(B([B])[B])B([B])[B])B(B(B(B([B])[B])B([B])[B])B(B([B])[B])B([B])[B])B(B(B([B])[B])B([B])[B])B(B([B])[B])B([B])[B].[B][B]B([B])B(B([B])[B])B(B([B])[B])B([B])[B]. The molecule has 0 aromatic carbocycles. The van der Waals surface area contributed by atoms with Gasteiger partial charge >= 0.3 is 11.9 Å². The van der Waals surface area contributed by atoms with Gasteiger partial charge in [0.1, 0.15) is 5.60 Å². The van der Waals surface area contributed by atoms with E-state index in [9.17, 15) is 19.8 Å². The third kappa shape index (κ3) is 30.9. The molecule has 0 aliphatic heterocycles. The van der Waals surface area contributed by atoms with Gasteiger partial charge in [0.2, 0.25) is 10.6 Å². The van der Waals surface area contributed by atoms with Crippen LogP contribution in [-0.2, 0) is 25.5 Å². The number of ether oxygens (including phenoxy) is 1. The largest absolute Gasteiger partial charge is 0.481 e. The minimum Gasteiger partial charge on any atom is -0.481 e. The second-order valence-corrected chi connectivity index (χ2v) is 29.5. The number of aliphatic carboxylic acids is 1. The van der Waals surface area contributed by atoms with Gasteiger partial charge in [0.25, 0.3) is 0 Å². The Labute approximate surface area is 703 Å². The van der Waals surface area contributed by atoms with Gasteiger partial charge in [-0.25, -0.2) is 19.9 Å². The van der Waals surface area contributed by atoms with Crippen LogP contribution in [0.2, 0.25) is 10.6 Å². The predicted molar refractivity (Wildman–Crippen MR) is 529 cm³/mol. The number of carboxylic acid groups (broad SMARTS) is 1. The summed E-state index contributed by atoms with van der Waals surface area (Å²) >= 11 is 11.1. The summed E-state index contributed by atoms with van der Waals surface area (Å²) in [5.41, 5.74) is -1.56. The van der Waals surface area contributed by atoms with E-state index in [-0.39, 0.29) is 35.3 Å². The van der Waals surface area contributed by atoms with Crippen molar-refractivity contribution < 1.29 is 29.6 Å². The van der Waals surface area contributed by atoms with Gasteiger partial charge in [-0.15, -0.1) is 0 Å². The quantitative estimate of drug-likeness (QED) is 0.0341. The van der Waals surface area contributed by atoms with Crippen molar-refractivity contribution in [3.8, 4) is 0 Å². The number of carbonyl (C=O) groups excluding carboxylic acids is 1. The van der Waals surface area contributed by atoms with Crippen LogP contribution in [0.25, 0.3) is 0 Å². The summed E-state index contributed by atoms with van der Waals surface area (Å²) in [6.45, 7) is 5.47. The summed E-state index contributed by atoms with van der Waals surface area (Å²) in [4.78, 5) is 37.6. The maximum atomic E-state index is 11.8. The lowest BCUT2D eigenvalue weighted by atomic mass is 8.23. The molecule has 2 aromatic heterocycles. The van der Waals surface area contributed by atoms with Crippen LogP contribution in [0.3, 0.4) is 0 Å². The first-order valence-electron chi connectivity index (χ1n) is 33.6. The Bertz CT molecular complexity index is 2630. The van der Waals surface area contributed by atoms with Crippen molar-refractivity contribution in [2.75, 3.05) is 0 Å². The molecule has 0 bridgehead atoms. The number of esters is 1. The number of hydrogen-bond donors (Lipinski definition) is 3. The zero-order chi connectivity index (χ0) is 82.1. The lowest BCUT2D eigenvalue weighted by Gasteiger charge is -2.58. The van der Waals surface area contributed by atoms with E-state index in [0.29, 0.717) is 24.0 Å². The van der Waals surface area contributed by atoms with Crippen LogP contribution in [0.5, 0.6) is 0 Å². The van der Waals surface area contributed by atoms with Crippen molar-refractivity contribution >= 4 is 539 Å². The van der Waals surface area contributed by atoms with Crippen LogP contribution < -0.4 is 0 Å². The molecule has 4 rings (SSSR count). The number of rotatable bonds is 36. The standard InChI is InChI=1S/C13H17ClN2O3.C9H9ClN2O3.B56.B15/c1-12(2,3)19-10(17)8-4-13(18,5-8)9-6-15-11(14)16-7-9;10-8-11-3-6(4-12-8)9(15)1-5(2-9)7(13)14;1-30(2)44(29)51(43(27)28)55(52(45(31(3)4)32(5)6)46(33(7)8)34(9)10)56(53(47(35(11)12)36(13)14)48(37(15)16)38(17)18)54(49(39(19)20)40(21)22)50(41(23)24)42(25)26;1-9-13(8)15(12(6)7)14(10(2)3)11(4)5/h6-8,18H,4-5H2,1-3H3;3-5,15H,1-2H2,(H,13,14);;. The van der Waals surface area contributed by atoms with Crippen LogP contribution in [0.15, 0.2) is 24.8 Å². The minimum atomic E-state index is -1.48. The molecule has 2 saturated carbocycles. The Balaban J connectivity index is 0.000000886. The normalized spacial score (nSPS) is 15.5. The lowest BCUT2D eigenvalue weighted by molar-refractivity contribution is -0.176. The van der Waals surface area contributed by atoms with Crippen molar-refractivity contribution in [1.29, 1.82) is 0 Å². The topological polar surface area (TPSA) is 156 Å². The third-order valence-electron chi connectivity index (χ3n) is 19.7. The zero-order valence-corrected chi connectivity index (χ0v) is 61.4. The van der Waals surface area contributed by atoms with Gasteiger partial charge < -0.3 is 20.1 Å². The van der Waals surface area contributed by atoms with E-state index in [1.54, 1.807) is 0 Å². The van der Waals surface area contributed by atoms with Crippen LogP contribution in [0.1, 0.15) is 57.6 Å². The average molecular weight is 1280 g/mol. The molecule has 105 heavy (non-hydrogen) atoms. The highest BCUT2D eigenvalue weighted by molar-refractivity contribution is 8.37. The van der Waals surface area contributed by atoms with E-state index in [2.05, 4.69) is 19.9 Å². The van der Waals surface area contributed by atoms with Gasteiger partial charge in [0, 0.05) is 540 Å². The van der Waals surface area contributed by atoms with E-state index in [0.717, 1.165) is 0 Å². The van der Waals surface area contributed by atoms with Crippen molar-refractivity contribution in [3.63, 3.8) is 0 Å². The highest BCUT2D eigenvalue weighted by Gasteiger charge is 2.62. The summed E-state index contributed by atoms with van der Waals surface area (Å²) in [7, 11) is 235. The highest BCUT2D eigenvalue weighted by Crippen LogP contribution is 2.47. The summed E-state index contributed by atoms with van der Waals surface area (Å²) in [6, 6.07) is 0. The van der Waals surface area contributed by atoms with E-state index in [1.807, 2.05) is 20.8 Å². The number of carboxylic acids is 1. The number of halogens is 2. The van der Waals surface area contributed by atoms with Crippen molar-refractivity contribution in [1.82, 2.24) is 19.9 Å². The molecule has 2 aliphatic rings. The maximum absolute atomic E-state index is 11.8. The van der Waals surface area contributed by atoms with Crippen molar-refractivity contribution in [2.24, 2.45) is 11.8 Å². The molecule has 10 nitrogen and oxygen atoms in total. The van der Waals surface area contributed by atoms with Crippen LogP contribution >= 0.6 is 23.2 Å². The smallest absolute Gasteiger partial charge is 0.309 e. The summed E-state index contributed by atoms with van der Waals surface area (Å²) in [5, 5.41) is 29.3. The molecule has 75 radical (unpaired) electrons. The number of carbonyl (C=O) groups is 2. The molecule has 3 N–H and O–H groups in total. The predicted octanol–water partition coefficient (Wildman–Crippen LogP) is -24.2. The van der Waals surface area contributed by atoms with E-state index in [1.165, 1.54) is 31.8 Å². The Morgan fingerprint density at radius 1 is 0.371 bits per heavy atom. The average Bonchev–Trinajstić information content (AvgIpc) is 0.733. The number of aliphatic hydroxyl groups is 2. The molecule has 0 unspecified atom stereocenters. The molecule has 0 spiro atoms. The fraction of sp³-hybridized carbons (Fsp3) is 0.545. The molecule has 397 valence electrons. The molecule has 2 aromatic rings. The van der Waals surface area contributed by atoms with Crippen LogP contribution in [0.4, 0.5) is 0 Å². The Morgan fingerprint density at radius 3 is 0.762 bits per heavy atom. The molecule has 0 atom stereocenters. The third-order valence-corrected chi connectivity index (χ3v) is 20.1. The summed E-state index contributed by atoms with van der Waals surface area (Å²) < 4.78 is 5.29. The van der Waals surface area contributed by atoms with Gasteiger partial charge in [0.05, 0.1) is 23.0 Å². The molecule has 0 saturated heterocycles. The number of aromatic nitrogens is 4. The summed E-state index contributed by atoms with van der Waals surface area (Å²) in [5.74, 6) is -1.91. The fourth-order valence-corrected chi connectivity index (χ4v) is 15.2. The Morgan fingerprint density at radius 2 is 0.571 bits per heavy atom. The second-order valence-electron chi connectivity index (χ2n) is 28.9. The van der Waals surface area contributed by atoms with Gasteiger partial charge in [0.15, 0.2) is 0 Å². The van der Waals surface area contributed by atoms with Crippen molar-refractivity contribution in [2.45, 2.75) is 63.3 Å². The fourth-order valence-electron chi connectivity index (χ4n) is 15.0. The van der Waals surface area contributed by atoms with Gasteiger partial charge in [-0.1, -0.05) is 0 Å². The first kappa shape index (κ1) is 105. The van der Waals surface area contributed by atoms with Gasteiger partial charge in [-0.2, -0.15) is 0 Å². The molecule has 2 aliphatic carbocycles. The molecular formula is C22H26B71Cl2N4O6. The van der Waals surface area contributed by atoms with E-state index in [4.69, 9.17) is 319 Å². The van der Waals surface area contributed by atoms with E-state index >= 15 is 0 Å². The van der Waals surface area contributed by atoms with Gasteiger partial charge in [-0.3, -0.25) is 9.59 Å². The number of hydrogen-bond acceptors (Lipinski definition) is 9. The van der Waals surface area contributed by atoms with Crippen LogP contribution in [-0.4, -0.2) is 557 Å². The lowest BCUT2D eigenvalue weighted by Crippen LogP contribution is -2.96. The maximum Gasteiger partial charge on any atom is 0.309 e. The second kappa shape index (κ2) is 47.6. The minimum absolute atomic E-state index is 0.108. The zero-order valence-electron chi connectivity index (χ0n) is 59.9. The molecule has 2 heterocycles. The monoisotopic (exact) mass is 1290 g/mol. The van der Waals surface area contributed by atoms with Crippen LogP contribution in [0, 0.1) is 11.8 Å². The molecule has 2 fully saturated rings. The Kier molecular flexibility index (Phi) is 47.7. The summed E-state index contributed by atoms with van der Waals surface area (Å²) in [6.07, 6.45) is -34.0. The first-order valence-corrected chi connectivity index (χ1v) is 34.3. The highest BCUT2D eigenvalue weighted by atomic mass is 35.5. The molecule has 83 heteroatoms. The van der Waals surface area contributed by atoms with E-state index < -0.39 is 239 Å². The molecular weight excluding hydrogens is 1250 g/mol. The number of nitrogens with zero attached hydrogens (tertiary/aromatic N) is 4. The van der Waals surface area contributed by atoms with Gasteiger partial charge in [-0.05, 0) is 69.7 Å².